The van der Waals surface area contributed by atoms with Crippen LogP contribution in [0, 0.1) is 0 Å². The Labute approximate surface area is 129 Å². The zero-order valence-corrected chi connectivity index (χ0v) is 14.1. The van der Waals surface area contributed by atoms with Gasteiger partial charge in [-0.15, -0.1) is 0 Å². The number of aliphatic carboxylic acids is 1. The first kappa shape index (κ1) is 21.0. The maximum atomic E-state index is 12.6. The summed E-state index contributed by atoms with van der Waals surface area (Å²) in [6.07, 6.45) is -0.114. The van der Waals surface area contributed by atoms with E-state index in [0.29, 0.717) is 0 Å². The molecule has 0 saturated heterocycles. The number of carbonyl (C=O) groups is 2. The molecule has 9 nitrogen and oxygen atoms in total. The molecule has 130 valence electrons. The summed E-state index contributed by atoms with van der Waals surface area (Å²) in [6.45, 7) is 5.84. The SMILES string of the molecule is CC(C)OC(=O)C(C)NP(=O)(NC(C)C(=O)O)OCCCO. The average Bonchev–Trinajstić information content (AvgIpc) is 2.37. The lowest BCUT2D eigenvalue weighted by Gasteiger charge is -2.25. The van der Waals surface area contributed by atoms with Crippen LogP contribution in [-0.2, 0) is 23.4 Å². The maximum Gasteiger partial charge on any atom is 0.342 e. The molecule has 4 N–H and O–H groups in total. The summed E-state index contributed by atoms with van der Waals surface area (Å²) in [5.41, 5.74) is 0. The van der Waals surface area contributed by atoms with Gasteiger partial charge in [-0.05, 0) is 34.1 Å². The van der Waals surface area contributed by atoms with Gasteiger partial charge in [-0.2, -0.15) is 0 Å². The number of hydrogen-bond acceptors (Lipinski definition) is 6. The van der Waals surface area contributed by atoms with E-state index in [1.54, 1.807) is 13.8 Å². The van der Waals surface area contributed by atoms with E-state index in [1.807, 2.05) is 0 Å². The standard InChI is InChI=1S/C12H25N2O7P/c1-8(2)21-12(18)10(4)14-22(19,20-7-5-6-15)13-9(3)11(16)17/h8-10,15H,5-7H2,1-4H3,(H,16,17)(H2,13,14,19). The second kappa shape index (κ2) is 9.91. The van der Waals surface area contributed by atoms with Crippen LogP contribution < -0.4 is 10.2 Å². The van der Waals surface area contributed by atoms with Crippen molar-refractivity contribution in [2.24, 2.45) is 0 Å². The minimum Gasteiger partial charge on any atom is -0.480 e. The second-order valence-electron chi connectivity index (χ2n) is 4.99. The van der Waals surface area contributed by atoms with Gasteiger partial charge in [0.25, 0.3) is 0 Å². The van der Waals surface area contributed by atoms with E-state index in [0.717, 1.165) is 0 Å². The smallest absolute Gasteiger partial charge is 0.342 e. The number of esters is 1. The van der Waals surface area contributed by atoms with Crippen LogP contribution in [-0.4, -0.2) is 53.6 Å². The lowest BCUT2D eigenvalue weighted by atomic mass is 10.4. The Bertz CT molecular complexity index is 416. The molecule has 0 aromatic rings. The van der Waals surface area contributed by atoms with E-state index < -0.39 is 31.7 Å². The van der Waals surface area contributed by atoms with Gasteiger partial charge < -0.3 is 19.5 Å². The summed E-state index contributed by atoms with van der Waals surface area (Å²) < 4.78 is 22.7. The molecule has 0 aliphatic heterocycles. The number of carboxylic acids is 1. The van der Waals surface area contributed by atoms with Gasteiger partial charge in [0.05, 0.1) is 12.7 Å². The van der Waals surface area contributed by atoms with E-state index in [1.165, 1.54) is 13.8 Å². The number of rotatable bonds is 11. The summed E-state index contributed by atoms with van der Waals surface area (Å²) >= 11 is 0. The third kappa shape index (κ3) is 8.45. The molecule has 10 heteroatoms. The van der Waals surface area contributed by atoms with Gasteiger partial charge in [-0.3, -0.25) is 14.2 Å². The predicted molar refractivity (Wildman–Crippen MR) is 79.3 cm³/mol. The van der Waals surface area contributed by atoms with Gasteiger partial charge in [-0.25, -0.2) is 10.2 Å². The van der Waals surface area contributed by atoms with Crippen molar-refractivity contribution in [3.05, 3.63) is 0 Å². The van der Waals surface area contributed by atoms with Crippen LogP contribution in [0.15, 0.2) is 0 Å². The fraction of sp³-hybridized carbons (Fsp3) is 0.833. The second-order valence-corrected chi connectivity index (χ2v) is 6.86. The molecule has 0 bridgehead atoms. The Kier molecular flexibility index (Phi) is 9.47. The van der Waals surface area contributed by atoms with E-state index in [4.69, 9.17) is 19.5 Å². The van der Waals surface area contributed by atoms with Gasteiger partial charge in [0.2, 0.25) is 0 Å². The number of hydrogen-bond donors (Lipinski definition) is 4. The molecule has 0 fully saturated rings. The van der Waals surface area contributed by atoms with Gasteiger partial charge in [-0.1, -0.05) is 0 Å². The first-order valence-electron chi connectivity index (χ1n) is 6.95. The molecule has 0 saturated carbocycles. The summed E-state index contributed by atoms with van der Waals surface area (Å²) in [7, 11) is -3.81. The highest BCUT2D eigenvalue weighted by Gasteiger charge is 2.32. The molecule has 0 aromatic carbocycles. The first-order chi connectivity index (χ1) is 10.1. The van der Waals surface area contributed by atoms with Crippen LogP contribution in [0.3, 0.4) is 0 Å². The van der Waals surface area contributed by atoms with Crippen LogP contribution in [0.1, 0.15) is 34.1 Å². The molecule has 0 aliphatic rings. The largest absolute Gasteiger partial charge is 0.480 e. The van der Waals surface area contributed by atoms with Crippen molar-refractivity contribution >= 4 is 19.6 Å². The van der Waals surface area contributed by atoms with E-state index in [2.05, 4.69) is 10.2 Å². The first-order valence-corrected chi connectivity index (χ1v) is 8.58. The van der Waals surface area contributed by atoms with Crippen molar-refractivity contribution in [1.29, 1.82) is 0 Å². The molecule has 3 atom stereocenters. The predicted octanol–water partition coefficient (Wildman–Crippen LogP) is 0.486. The van der Waals surface area contributed by atoms with Crippen molar-refractivity contribution in [3.63, 3.8) is 0 Å². The van der Waals surface area contributed by atoms with Crippen molar-refractivity contribution in [1.82, 2.24) is 10.2 Å². The van der Waals surface area contributed by atoms with Gasteiger partial charge in [0, 0.05) is 6.61 Å². The molecule has 22 heavy (non-hydrogen) atoms. The lowest BCUT2D eigenvalue weighted by Crippen LogP contribution is -2.42. The van der Waals surface area contributed by atoms with Gasteiger partial charge >= 0.3 is 19.6 Å². The van der Waals surface area contributed by atoms with Crippen molar-refractivity contribution in [2.75, 3.05) is 13.2 Å². The number of aliphatic hydroxyl groups excluding tert-OH is 1. The molecule has 0 amide bonds. The molecular weight excluding hydrogens is 315 g/mol. The van der Waals surface area contributed by atoms with Gasteiger partial charge in [0.15, 0.2) is 0 Å². The fourth-order valence-corrected chi connectivity index (χ4v) is 3.17. The summed E-state index contributed by atoms with van der Waals surface area (Å²) in [4.78, 5) is 22.6. The third-order valence-electron chi connectivity index (χ3n) is 2.38. The molecule has 0 spiro atoms. The summed E-state index contributed by atoms with van der Waals surface area (Å²) in [5, 5.41) is 22.4. The summed E-state index contributed by atoms with van der Waals surface area (Å²) in [5.74, 6) is -1.85. The number of nitrogens with one attached hydrogen (secondary N) is 2. The lowest BCUT2D eigenvalue weighted by molar-refractivity contribution is -0.149. The van der Waals surface area contributed by atoms with Crippen LogP contribution in [0.25, 0.3) is 0 Å². The number of aliphatic hydroxyl groups is 1. The Balaban J connectivity index is 4.87. The molecule has 0 aliphatic carbocycles. The van der Waals surface area contributed by atoms with Crippen LogP contribution in [0.5, 0.6) is 0 Å². The zero-order valence-electron chi connectivity index (χ0n) is 13.2. The highest BCUT2D eigenvalue weighted by molar-refractivity contribution is 7.54. The van der Waals surface area contributed by atoms with E-state index in [-0.39, 0.29) is 25.7 Å². The Hall–Kier alpha value is -0.990. The van der Waals surface area contributed by atoms with Crippen molar-refractivity contribution in [2.45, 2.75) is 52.3 Å². The normalized spacial score (nSPS) is 16.8. The molecule has 0 aromatic heterocycles. The third-order valence-corrected chi connectivity index (χ3v) is 4.38. The molecule has 0 rings (SSSR count). The number of ether oxygens (including phenoxy) is 1. The number of carbonyl (C=O) groups excluding carboxylic acids is 1. The maximum absolute atomic E-state index is 12.6. The molecule has 0 heterocycles. The van der Waals surface area contributed by atoms with Crippen molar-refractivity contribution < 1.29 is 33.6 Å². The topological polar surface area (TPSA) is 134 Å². The quantitative estimate of drug-likeness (QED) is 0.241. The molecular formula is C12H25N2O7P. The molecule has 3 unspecified atom stereocenters. The van der Waals surface area contributed by atoms with Crippen LogP contribution >= 0.6 is 7.67 Å². The number of carboxylic acid groups (broad SMARTS) is 1. The highest BCUT2D eigenvalue weighted by atomic mass is 31.2. The average molecular weight is 340 g/mol. The van der Waals surface area contributed by atoms with Crippen molar-refractivity contribution in [3.8, 4) is 0 Å². The minimum atomic E-state index is -3.81. The van der Waals surface area contributed by atoms with Gasteiger partial charge in [0.1, 0.15) is 12.1 Å². The summed E-state index contributed by atoms with van der Waals surface area (Å²) in [6, 6.07) is -2.11. The monoisotopic (exact) mass is 340 g/mol. The van der Waals surface area contributed by atoms with Crippen LogP contribution in [0.4, 0.5) is 0 Å². The Morgan fingerprint density at radius 3 is 2.14 bits per heavy atom. The van der Waals surface area contributed by atoms with Crippen LogP contribution in [0.2, 0.25) is 0 Å². The van der Waals surface area contributed by atoms with E-state index >= 15 is 0 Å². The highest BCUT2D eigenvalue weighted by Crippen LogP contribution is 2.39. The Morgan fingerprint density at radius 2 is 1.68 bits per heavy atom. The fourth-order valence-electron chi connectivity index (χ4n) is 1.32. The Morgan fingerprint density at radius 1 is 1.14 bits per heavy atom. The zero-order chi connectivity index (χ0) is 17.3. The van der Waals surface area contributed by atoms with E-state index in [9.17, 15) is 14.2 Å². The minimum absolute atomic E-state index is 0.0634. The molecule has 0 radical (unpaired) electrons.